The molecule has 0 spiro atoms. The van der Waals surface area contributed by atoms with Gasteiger partial charge < -0.3 is 9.30 Å². The second-order valence-electron chi connectivity index (χ2n) is 5.12. The highest BCUT2D eigenvalue weighted by Gasteiger charge is 2.23. The number of pyridine rings is 1. The summed E-state index contributed by atoms with van der Waals surface area (Å²) >= 11 is 0. The molecule has 3 nitrogen and oxygen atoms in total. The molecule has 19 heavy (non-hydrogen) atoms. The van der Waals surface area contributed by atoms with Crippen molar-refractivity contribution in [1.82, 2.24) is 4.57 Å². The van der Waals surface area contributed by atoms with Crippen LogP contribution in [0.25, 0.3) is 11.1 Å². The molecule has 1 N–H and O–H groups in total. The smallest absolute Gasteiger partial charge is 0.202 e. The lowest BCUT2D eigenvalue weighted by Gasteiger charge is -2.15. The molecule has 1 saturated carbocycles. The second kappa shape index (κ2) is 4.92. The fraction of sp³-hybridized carbons (Fsp3) is 0.312. The van der Waals surface area contributed by atoms with Crippen LogP contribution in [0, 0.1) is 11.3 Å². The third-order valence-corrected chi connectivity index (χ3v) is 3.54. The number of hydrogen-bond acceptors (Lipinski definition) is 2. The topological polar surface area (TPSA) is 38.0 Å². The third kappa shape index (κ3) is 2.55. The number of hydrogen-bond donors (Lipinski definition) is 1. The maximum atomic E-state index is 7.90. The van der Waals surface area contributed by atoms with E-state index in [1.54, 1.807) is 0 Å². The minimum Gasteiger partial charge on any atom is -0.478 e. The summed E-state index contributed by atoms with van der Waals surface area (Å²) in [5, 5.41) is 7.90. The zero-order chi connectivity index (χ0) is 13.2. The summed E-state index contributed by atoms with van der Waals surface area (Å²) in [7, 11) is 1.89. The average Bonchev–Trinajstić information content (AvgIpc) is 3.25. The molecule has 1 heterocycles. The first-order chi connectivity index (χ1) is 9.25. The molecule has 1 aliphatic rings. The highest BCUT2D eigenvalue weighted by atomic mass is 16.5. The lowest BCUT2D eigenvalue weighted by Crippen LogP contribution is -2.19. The zero-order valence-corrected chi connectivity index (χ0v) is 11.1. The first-order valence-electron chi connectivity index (χ1n) is 6.68. The van der Waals surface area contributed by atoms with Crippen molar-refractivity contribution in [2.45, 2.75) is 12.8 Å². The first kappa shape index (κ1) is 12.0. The molecule has 0 radical (unpaired) electrons. The van der Waals surface area contributed by atoms with E-state index < -0.39 is 0 Å². The lowest BCUT2D eigenvalue weighted by atomic mass is 10.1. The van der Waals surface area contributed by atoms with Gasteiger partial charge in [0.2, 0.25) is 5.88 Å². The van der Waals surface area contributed by atoms with Crippen LogP contribution in [0.2, 0.25) is 0 Å². The van der Waals surface area contributed by atoms with Gasteiger partial charge in [0.15, 0.2) is 0 Å². The number of nitrogens with zero attached hydrogens (tertiary/aromatic N) is 1. The lowest BCUT2D eigenvalue weighted by molar-refractivity contribution is 0.276. The van der Waals surface area contributed by atoms with Crippen molar-refractivity contribution in [3.05, 3.63) is 48.0 Å². The first-order valence-corrected chi connectivity index (χ1v) is 6.68. The van der Waals surface area contributed by atoms with Crippen LogP contribution in [0.1, 0.15) is 12.8 Å². The third-order valence-electron chi connectivity index (χ3n) is 3.54. The Kier molecular flexibility index (Phi) is 3.11. The fourth-order valence-corrected chi connectivity index (χ4v) is 2.13. The van der Waals surface area contributed by atoms with E-state index in [-0.39, 0.29) is 0 Å². The number of aromatic nitrogens is 1. The van der Waals surface area contributed by atoms with Crippen molar-refractivity contribution in [3.8, 4) is 17.0 Å². The van der Waals surface area contributed by atoms with Crippen LogP contribution in [0.3, 0.4) is 0 Å². The van der Waals surface area contributed by atoms with E-state index in [1.807, 2.05) is 41.9 Å². The van der Waals surface area contributed by atoms with Crippen LogP contribution in [0.4, 0.5) is 0 Å². The minimum absolute atomic E-state index is 0.463. The van der Waals surface area contributed by atoms with E-state index in [0.717, 1.165) is 23.6 Å². The second-order valence-corrected chi connectivity index (χ2v) is 5.12. The van der Waals surface area contributed by atoms with Crippen LogP contribution in [-0.4, -0.2) is 11.2 Å². The number of nitrogens with one attached hydrogen (secondary N) is 1. The van der Waals surface area contributed by atoms with Crippen molar-refractivity contribution >= 4 is 0 Å². The summed E-state index contributed by atoms with van der Waals surface area (Å²) in [6.07, 6.45) is 2.54. The molecule has 1 aromatic heterocycles. The summed E-state index contributed by atoms with van der Waals surface area (Å²) in [4.78, 5) is 0. The molecular weight excluding hydrogens is 236 g/mol. The van der Waals surface area contributed by atoms with E-state index in [0.29, 0.717) is 11.4 Å². The summed E-state index contributed by atoms with van der Waals surface area (Å²) in [5.74, 6) is 1.50. The van der Waals surface area contributed by atoms with E-state index in [9.17, 15) is 0 Å². The van der Waals surface area contributed by atoms with E-state index in [1.165, 1.54) is 12.8 Å². The standard InChI is InChI=1S/C16H18N2O/c1-18-15(17)10-9-14(13-5-3-2-4-6-13)16(18)19-11-12-7-8-12/h2-6,9-10,12,17H,7-8,11H2,1H3. The molecule has 1 aliphatic carbocycles. The molecule has 3 rings (SSSR count). The van der Waals surface area contributed by atoms with Gasteiger partial charge in [-0.3, -0.25) is 5.41 Å². The van der Waals surface area contributed by atoms with Gasteiger partial charge in [-0.1, -0.05) is 30.3 Å². The van der Waals surface area contributed by atoms with Crippen LogP contribution >= 0.6 is 0 Å². The molecular formula is C16H18N2O. The van der Waals surface area contributed by atoms with E-state index >= 15 is 0 Å². The maximum Gasteiger partial charge on any atom is 0.202 e. The molecule has 0 atom stereocenters. The Hall–Kier alpha value is -2.03. The number of rotatable bonds is 4. The van der Waals surface area contributed by atoms with Gasteiger partial charge in [-0.05, 0) is 36.5 Å². The predicted molar refractivity (Wildman–Crippen MR) is 74.9 cm³/mol. The molecule has 0 unspecified atom stereocenters. The van der Waals surface area contributed by atoms with Gasteiger partial charge >= 0.3 is 0 Å². The number of ether oxygens (including phenoxy) is 1. The molecule has 0 amide bonds. The van der Waals surface area contributed by atoms with Crippen molar-refractivity contribution in [2.75, 3.05) is 6.61 Å². The van der Waals surface area contributed by atoms with Crippen LogP contribution in [-0.2, 0) is 7.05 Å². The van der Waals surface area contributed by atoms with Crippen molar-refractivity contribution in [2.24, 2.45) is 13.0 Å². The van der Waals surface area contributed by atoms with Crippen molar-refractivity contribution in [1.29, 1.82) is 5.41 Å². The Morgan fingerprint density at radius 1 is 1.16 bits per heavy atom. The van der Waals surface area contributed by atoms with Gasteiger partial charge in [0, 0.05) is 12.6 Å². The van der Waals surface area contributed by atoms with Crippen LogP contribution in [0.5, 0.6) is 5.88 Å². The molecule has 98 valence electrons. The molecule has 3 heteroatoms. The van der Waals surface area contributed by atoms with E-state index in [4.69, 9.17) is 10.1 Å². The quantitative estimate of drug-likeness (QED) is 0.895. The van der Waals surface area contributed by atoms with Gasteiger partial charge in [-0.15, -0.1) is 0 Å². The summed E-state index contributed by atoms with van der Waals surface area (Å²) in [5.41, 5.74) is 2.65. The van der Waals surface area contributed by atoms with Gasteiger partial charge in [0.1, 0.15) is 5.49 Å². The Labute approximate surface area is 113 Å². The van der Waals surface area contributed by atoms with Gasteiger partial charge in [-0.25, -0.2) is 0 Å². The molecule has 0 bridgehead atoms. The highest BCUT2D eigenvalue weighted by molar-refractivity contribution is 5.68. The molecule has 1 aromatic carbocycles. The average molecular weight is 254 g/mol. The normalized spacial score (nSPS) is 14.4. The van der Waals surface area contributed by atoms with Gasteiger partial charge in [0.05, 0.1) is 6.61 Å². The van der Waals surface area contributed by atoms with Gasteiger partial charge in [-0.2, -0.15) is 0 Å². The van der Waals surface area contributed by atoms with Crippen LogP contribution < -0.4 is 10.2 Å². The Morgan fingerprint density at radius 3 is 2.58 bits per heavy atom. The molecule has 0 aliphatic heterocycles. The largest absolute Gasteiger partial charge is 0.478 e. The van der Waals surface area contributed by atoms with E-state index in [2.05, 4.69) is 12.1 Å². The number of benzene rings is 1. The maximum absolute atomic E-state index is 7.90. The molecule has 1 fully saturated rings. The Balaban J connectivity index is 2.02. The molecule has 2 aromatic rings. The van der Waals surface area contributed by atoms with Crippen molar-refractivity contribution < 1.29 is 4.74 Å². The van der Waals surface area contributed by atoms with Gasteiger partial charge in [0.25, 0.3) is 0 Å². The molecule has 0 saturated heterocycles. The fourth-order valence-electron chi connectivity index (χ4n) is 2.13. The zero-order valence-electron chi connectivity index (χ0n) is 11.1. The Bertz CT molecular complexity index is 627. The highest BCUT2D eigenvalue weighted by Crippen LogP contribution is 2.32. The SMILES string of the molecule is Cn1c(OCC2CC2)c(-c2ccccc2)ccc1=N. The monoisotopic (exact) mass is 254 g/mol. The predicted octanol–water partition coefficient (Wildman–Crippen LogP) is 2.96. The Morgan fingerprint density at radius 2 is 1.89 bits per heavy atom. The van der Waals surface area contributed by atoms with Crippen molar-refractivity contribution in [3.63, 3.8) is 0 Å². The summed E-state index contributed by atoms with van der Waals surface area (Å²) in [6, 6.07) is 14.0. The minimum atomic E-state index is 0.463. The summed E-state index contributed by atoms with van der Waals surface area (Å²) < 4.78 is 7.78. The summed E-state index contributed by atoms with van der Waals surface area (Å²) in [6.45, 7) is 0.761. The van der Waals surface area contributed by atoms with Crippen LogP contribution in [0.15, 0.2) is 42.5 Å².